The summed E-state index contributed by atoms with van der Waals surface area (Å²) >= 11 is 1.39. The van der Waals surface area contributed by atoms with Crippen molar-refractivity contribution in [2.45, 2.75) is 26.3 Å². The second kappa shape index (κ2) is 7.81. The third kappa shape index (κ3) is 4.47. The average molecular weight is 297 g/mol. The number of aryl methyl sites for hydroxylation is 2. The van der Waals surface area contributed by atoms with Crippen molar-refractivity contribution in [2.24, 2.45) is 0 Å². The molecule has 20 heavy (non-hydrogen) atoms. The first-order valence-corrected chi connectivity index (χ1v) is 7.12. The maximum absolute atomic E-state index is 12.0. The first-order valence-electron chi connectivity index (χ1n) is 6.31. The van der Waals surface area contributed by atoms with Crippen molar-refractivity contribution in [1.29, 1.82) is 0 Å². The molecule has 1 heterocycles. The molecule has 1 aromatic heterocycles. The van der Waals surface area contributed by atoms with Gasteiger partial charge in [-0.15, -0.1) is 17.9 Å². The van der Waals surface area contributed by atoms with Gasteiger partial charge >= 0.3 is 5.97 Å². The summed E-state index contributed by atoms with van der Waals surface area (Å²) < 4.78 is 5.08. The van der Waals surface area contributed by atoms with Crippen LogP contribution in [0.5, 0.6) is 0 Å². The molecule has 1 aromatic rings. The molecule has 0 aromatic carbocycles. The summed E-state index contributed by atoms with van der Waals surface area (Å²) in [6.45, 7) is 7.59. The fourth-order valence-corrected chi connectivity index (χ4v) is 2.67. The van der Waals surface area contributed by atoms with Gasteiger partial charge in [0.25, 0.3) is 5.91 Å². The molecule has 0 saturated carbocycles. The van der Waals surface area contributed by atoms with E-state index in [0.717, 1.165) is 16.9 Å². The summed E-state index contributed by atoms with van der Waals surface area (Å²) in [4.78, 5) is 24.8. The summed E-state index contributed by atoms with van der Waals surface area (Å²) in [6.07, 6.45) is 2.38. The highest BCUT2D eigenvalue weighted by molar-refractivity contribution is 7.14. The van der Waals surface area contributed by atoms with Crippen LogP contribution in [0.4, 0.5) is 0 Å². The van der Waals surface area contributed by atoms with E-state index in [9.17, 15) is 9.59 Å². The van der Waals surface area contributed by atoms with Crippen LogP contribution < -0.4 is 5.32 Å². The molecule has 5 nitrogen and oxygen atoms in total. The number of carbonyl (C=O) groups is 2. The summed E-state index contributed by atoms with van der Waals surface area (Å²) in [6, 6.07) is 0.720. The van der Waals surface area contributed by atoms with Crippen LogP contribution in [-0.2, 0) is 16.0 Å². The highest BCUT2D eigenvalue weighted by Crippen LogP contribution is 2.22. The zero-order valence-corrected chi connectivity index (χ0v) is 12.5. The monoisotopic (exact) mass is 297 g/mol. The minimum absolute atomic E-state index is 0.0852. The second-order valence-electron chi connectivity index (χ2n) is 4.26. The summed E-state index contributed by atoms with van der Waals surface area (Å²) in [5, 5.41) is 11.5. The number of carbonyl (C=O) groups excluding carboxylic acids is 1. The van der Waals surface area contributed by atoms with Crippen LogP contribution >= 0.6 is 11.3 Å². The Balaban J connectivity index is 2.69. The standard InChI is InChI=1S/C14H19NO4S/c1-4-6-19-8-10(14(17)18)15-13(16)12-7-9(3)11(5-2)20-12/h4,7,10H,1,5-6,8H2,2-3H3,(H,15,16)(H,17,18). The van der Waals surface area contributed by atoms with Crippen LogP contribution in [0.15, 0.2) is 18.7 Å². The number of hydrogen-bond donors (Lipinski definition) is 2. The molecular weight excluding hydrogens is 278 g/mol. The van der Waals surface area contributed by atoms with Crippen molar-refractivity contribution in [1.82, 2.24) is 5.32 Å². The molecular formula is C14H19NO4S. The Hall–Kier alpha value is -1.66. The Kier molecular flexibility index (Phi) is 6.41. The maximum Gasteiger partial charge on any atom is 0.328 e. The quantitative estimate of drug-likeness (QED) is 0.568. The zero-order valence-electron chi connectivity index (χ0n) is 11.6. The molecule has 110 valence electrons. The Morgan fingerprint density at radius 2 is 2.30 bits per heavy atom. The number of carboxylic acids is 1. The van der Waals surface area contributed by atoms with Crippen LogP contribution in [0, 0.1) is 6.92 Å². The van der Waals surface area contributed by atoms with Crippen LogP contribution in [0.2, 0.25) is 0 Å². The van der Waals surface area contributed by atoms with Crippen molar-refractivity contribution < 1.29 is 19.4 Å². The van der Waals surface area contributed by atoms with E-state index in [-0.39, 0.29) is 19.1 Å². The van der Waals surface area contributed by atoms with E-state index in [0.29, 0.717) is 4.88 Å². The smallest absolute Gasteiger partial charge is 0.328 e. The minimum atomic E-state index is -1.12. The van der Waals surface area contributed by atoms with Crippen LogP contribution in [0.1, 0.15) is 27.0 Å². The first kappa shape index (κ1) is 16.4. The summed E-state index contributed by atoms with van der Waals surface area (Å²) in [5.74, 6) is -1.50. The third-order valence-corrected chi connectivity index (χ3v) is 4.07. The van der Waals surface area contributed by atoms with Crippen molar-refractivity contribution in [3.63, 3.8) is 0 Å². The Morgan fingerprint density at radius 1 is 1.60 bits per heavy atom. The maximum atomic E-state index is 12.0. The van der Waals surface area contributed by atoms with Gasteiger partial charge in [0.2, 0.25) is 0 Å². The van der Waals surface area contributed by atoms with E-state index in [1.165, 1.54) is 17.4 Å². The van der Waals surface area contributed by atoms with Gasteiger partial charge in [-0.2, -0.15) is 0 Å². The highest BCUT2D eigenvalue weighted by atomic mass is 32.1. The van der Waals surface area contributed by atoms with Crippen LogP contribution in [0.3, 0.4) is 0 Å². The molecule has 0 fully saturated rings. The molecule has 0 saturated heterocycles. The van der Waals surface area contributed by atoms with Gasteiger partial charge in [0.05, 0.1) is 18.1 Å². The molecule has 0 bridgehead atoms. The van der Waals surface area contributed by atoms with Gasteiger partial charge in [-0.1, -0.05) is 13.0 Å². The molecule has 6 heteroatoms. The number of aliphatic carboxylic acids is 1. The van der Waals surface area contributed by atoms with Gasteiger partial charge in [0.1, 0.15) is 0 Å². The lowest BCUT2D eigenvalue weighted by atomic mass is 10.2. The normalized spacial score (nSPS) is 11.9. The molecule has 2 N–H and O–H groups in total. The van der Waals surface area contributed by atoms with Gasteiger partial charge in [-0.25, -0.2) is 4.79 Å². The average Bonchev–Trinajstić information content (AvgIpc) is 2.78. The van der Waals surface area contributed by atoms with Gasteiger partial charge in [-0.3, -0.25) is 4.79 Å². The Labute approximate surface area is 122 Å². The number of hydrogen-bond acceptors (Lipinski definition) is 4. The van der Waals surface area contributed by atoms with Gasteiger partial charge in [0, 0.05) is 4.88 Å². The minimum Gasteiger partial charge on any atom is -0.480 e. The van der Waals surface area contributed by atoms with Gasteiger partial charge < -0.3 is 15.2 Å². The predicted octanol–water partition coefficient (Wildman–Crippen LogP) is 2.00. The van der Waals surface area contributed by atoms with Gasteiger partial charge in [-0.05, 0) is 25.0 Å². The largest absolute Gasteiger partial charge is 0.480 e. The lowest BCUT2D eigenvalue weighted by molar-refractivity contribution is -0.140. The summed E-state index contributed by atoms with van der Waals surface area (Å²) in [5.41, 5.74) is 1.05. The Morgan fingerprint density at radius 3 is 2.80 bits per heavy atom. The molecule has 1 atom stereocenters. The number of nitrogens with one attached hydrogen (secondary N) is 1. The molecule has 1 rings (SSSR count). The van der Waals surface area contributed by atoms with Crippen LogP contribution in [0.25, 0.3) is 0 Å². The van der Waals surface area contributed by atoms with E-state index < -0.39 is 12.0 Å². The SMILES string of the molecule is C=CCOCC(NC(=O)c1cc(C)c(CC)s1)C(=O)O. The fraction of sp³-hybridized carbons (Fsp3) is 0.429. The van der Waals surface area contributed by atoms with E-state index in [1.54, 1.807) is 6.07 Å². The van der Waals surface area contributed by atoms with Gasteiger partial charge in [0.15, 0.2) is 6.04 Å². The van der Waals surface area contributed by atoms with Crippen molar-refractivity contribution in [3.8, 4) is 0 Å². The highest BCUT2D eigenvalue weighted by Gasteiger charge is 2.22. The van der Waals surface area contributed by atoms with E-state index in [2.05, 4.69) is 11.9 Å². The predicted molar refractivity (Wildman–Crippen MR) is 78.3 cm³/mol. The Bertz CT molecular complexity index is 495. The molecule has 0 spiro atoms. The fourth-order valence-electron chi connectivity index (χ4n) is 1.66. The molecule has 0 aliphatic heterocycles. The van der Waals surface area contributed by atoms with Crippen molar-refractivity contribution in [3.05, 3.63) is 34.0 Å². The first-order chi connectivity index (χ1) is 9.49. The molecule has 0 radical (unpaired) electrons. The van der Waals surface area contributed by atoms with Crippen LogP contribution in [-0.4, -0.2) is 36.2 Å². The lowest BCUT2D eigenvalue weighted by Crippen LogP contribution is -2.43. The van der Waals surface area contributed by atoms with E-state index in [4.69, 9.17) is 9.84 Å². The molecule has 1 amide bonds. The number of ether oxygens (including phenoxy) is 1. The van der Waals surface area contributed by atoms with Crippen molar-refractivity contribution >= 4 is 23.2 Å². The number of rotatable bonds is 8. The van der Waals surface area contributed by atoms with Crippen molar-refractivity contribution in [2.75, 3.05) is 13.2 Å². The molecule has 0 aliphatic carbocycles. The summed E-state index contributed by atoms with van der Waals surface area (Å²) in [7, 11) is 0. The number of carboxylic acid groups (broad SMARTS) is 1. The molecule has 0 aliphatic rings. The number of amides is 1. The molecule has 1 unspecified atom stereocenters. The zero-order chi connectivity index (χ0) is 15.1. The van der Waals surface area contributed by atoms with E-state index in [1.807, 2.05) is 13.8 Å². The number of thiophene rings is 1. The van der Waals surface area contributed by atoms with E-state index >= 15 is 0 Å². The third-order valence-electron chi connectivity index (χ3n) is 2.69. The lowest BCUT2D eigenvalue weighted by Gasteiger charge is -2.13. The topological polar surface area (TPSA) is 75.6 Å². The second-order valence-corrected chi connectivity index (χ2v) is 5.40.